The number of hydrogen-bond acceptors (Lipinski definition) is 1. The lowest BCUT2D eigenvalue weighted by Crippen LogP contribution is -2.31. The highest BCUT2D eigenvalue weighted by Crippen LogP contribution is 2.52. The Morgan fingerprint density at radius 1 is 1.38 bits per heavy atom. The van der Waals surface area contributed by atoms with Crippen LogP contribution in [0.2, 0.25) is 0 Å². The SMILES string of the molecule is CC(N)C1(c2ccccc2Br)CC1. The molecule has 0 heterocycles. The van der Waals surface area contributed by atoms with E-state index in [1.807, 2.05) is 6.07 Å². The van der Waals surface area contributed by atoms with Gasteiger partial charge in [-0.15, -0.1) is 0 Å². The summed E-state index contributed by atoms with van der Waals surface area (Å²) in [5, 5.41) is 0. The van der Waals surface area contributed by atoms with Crippen molar-refractivity contribution in [3.05, 3.63) is 34.3 Å². The van der Waals surface area contributed by atoms with Crippen molar-refractivity contribution in [3.63, 3.8) is 0 Å². The van der Waals surface area contributed by atoms with Gasteiger partial charge in [0, 0.05) is 15.9 Å². The second kappa shape index (κ2) is 3.10. The van der Waals surface area contributed by atoms with Gasteiger partial charge in [0.25, 0.3) is 0 Å². The first-order valence-corrected chi connectivity index (χ1v) is 5.47. The molecule has 70 valence electrons. The van der Waals surface area contributed by atoms with Crippen LogP contribution in [0.4, 0.5) is 0 Å². The van der Waals surface area contributed by atoms with E-state index in [1.54, 1.807) is 0 Å². The molecule has 1 aromatic rings. The van der Waals surface area contributed by atoms with E-state index in [9.17, 15) is 0 Å². The van der Waals surface area contributed by atoms with E-state index in [1.165, 1.54) is 22.9 Å². The lowest BCUT2D eigenvalue weighted by atomic mass is 9.90. The first kappa shape index (κ1) is 9.22. The van der Waals surface area contributed by atoms with E-state index in [-0.39, 0.29) is 11.5 Å². The average molecular weight is 240 g/mol. The monoisotopic (exact) mass is 239 g/mol. The van der Waals surface area contributed by atoms with Gasteiger partial charge in [-0.25, -0.2) is 0 Å². The summed E-state index contributed by atoms with van der Waals surface area (Å²) in [5.41, 5.74) is 7.66. The molecule has 1 aliphatic carbocycles. The molecule has 1 unspecified atom stereocenters. The predicted molar refractivity (Wildman–Crippen MR) is 58.7 cm³/mol. The maximum absolute atomic E-state index is 6.01. The maximum Gasteiger partial charge on any atom is 0.0213 e. The van der Waals surface area contributed by atoms with Crippen LogP contribution in [0.25, 0.3) is 0 Å². The highest BCUT2D eigenvalue weighted by atomic mass is 79.9. The van der Waals surface area contributed by atoms with Crippen LogP contribution >= 0.6 is 15.9 Å². The third-order valence-electron chi connectivity index (χ3n) is 3.07. The molecular weight excluding hydrogens is 226 g/mol. The van der Waals surface area contributed by atoms with Gasteiger partial charge in [-0.2, -0.15) is 0 Å². The summed E-state index contributed by atoms with van der Waals surface area (Å²) < 4.78 is 1.20. The summed E-state index contributed by atoms with van der Waals surface area (Å²) in [4.78, 5) is 0. The molecule has 1 aromatic carbocycles. The Balaban J connectivity index is 2.41. The summed E-state index contributed by atoms with van der Waals surface area (Å²) in [6.07, 6.45) is 2.46. The molecule has 1 fully saturated rings. The summed E-state index contributed by atoms with van der Waals surface area (Å²) in [6, 6.07) is 8.66. The van der Waals surface area contributed by atoms with Crippen LogP contribution in [0.15, 0.2) is 28.7 Å². The van der Waals surface area contributed by atoms with E-state index in [4.69, 9.17) is 5.73 Å². The molecule has 0 spiro atoms. The number of benzene rings is 1. The average Bonchev–Trinajstić information content (AvgIpc) is 2.85. The van der Waals surface area contributed by atoms with Gasteiger partial charge in [-0.05, 0) is 31.4 Å². The largest absolute Gasteiger partial charge is 0.327 e. The van der Waals surface area contributed by atoms with Gasteiger partial charge in [0.05, 0.1) is 0 Å². The molecular formula is C11H14BrN. The van der Waals surface area contributed by atoms with Crippen molar-refractivity contribution >= 4 is 15.9 Å². The van der Waals surface area contributed by atoms with Crippen LogP contribution in [0.1, 0.15) is 25.3 Å². The Kier molecular flexibility index (Phi) is 2.20. The van der Waals surface area contributed by atoms with E-state index >= 15 is 0 Å². The third-order valence-corrected chi connectivity index (χ3v) is 3.76. The van der Waals surface area contributed by atoms with E-state index in [0.29, 0.717) is 0 Å². The number of halogens is 1. The molecule has 1 atom stereocenters. The van der Waals surface area contributed by atoms with Crippen LogP contribution in [0.3, 0.4) is 0 Å². The zero-order valence-electron chi connectivity index (χ0n) is 7.76. The molecule has 1 aliphatic rings. The Morgan fingerprint density at radius 2 is 2.00 bits per heavy atom. The molecule has 0 aromatic heterocycles. The minimum Gasteiger partial charge on any atom is -0.327 e. The zero-order chi connectivity index (χ0) is 9.47. The normalized spacial score (nSPS) is 21.2. The van der Waals surface area contributed by atoms with Crippen molar-refractivity contribution < 1.29 is 0 Å². The third kappa shape index (κ3) is 1.42. The van der Waals surface area contributed by atoms with Gasteiger partial charge in [0.1, 0.15) is 0 Å². The number of hydrogen-bond donors (Lipinski definition) is 1. The highest BCUT2D eigenvalue weighted by Gasteiger charge is 2.48. The van der Waals surface area contributed by atoms with E-state index in [2.05, 4.69) is 41.1 Å². The van der Waals surface area contributed by atoms with Gasteiger partial charge in [-0.1, -0.05) is 34.1 Å². The molecule has 0 amide bonds. The van der Waals surface area contributed by atoms with Crippen LogP contribution < -0.4 is 5.73 Å². The molecule has 0 bridgehead atoms. The minimum atomic E-state index is 0.256. The van der Waals surface area contributed by atoms with Gasteiger partial charge in [-0.3, -0.25) is 0 Å². The molecule has 2 heteroatoms. The standard InChI is InChI=1S/C11H14BrN/c1-8(13)11(6-7-11)9-4-2-3-5-10(9)12/h2-5,8H,6-7,13H2,1H3. The first-order chi connectivity index (χ1) is 6.17. The summed E-state index contributed by atoms with van der Waals surface area (Å²) >= 11 is 3.58. The Labute approximate surface area is 87.5 Å². The van der Waals surface area contributed by atoms with Crippen LogP contribution in [-0.2, 0) is 5.41 Å². The minimum absolute atomic E-state index is 0.256. The highest BCUT2D eigenvalue weighted by molar-refractivity contribution is 9.10. The molecule has 2 rings (SSSR count). The van der Waals surface area contributed by atoms with Gasteiger partial charge in [0.15, 0.2) is 0 Å². The molecule has 2 N–H and O–H groups in total. The zero-order valence-corrected chi connectivity index (χ0v) is 9.34. The van der Waals surface area contributed by atoms with Crippen molar-refractivity contribution in [2.24, 2.45) is 5.73 Å². The van der Waals surface area contributed by atoms with Gasteiger partial charge < -0.3 is 5.73 Å². The van der Waals surface area contributed by atoms with Crippen molar-refractivity contribution in [3.8, 4) is 0 Å². The Morgan fingerprint density at radius 3 is 2.46 bits per heavy atom. The fraction of sp³-hybridized carbons (Fsp3) is 0.455. The molecule has 1 nitrogen and oxygen atoms in total. The van der Waals surface area contributed by atoms with Crippen LogP contribution in [-0.4, -0.2) is 6.04 Å². The second-order valence-electron chi connectivity index (χ2n) is 3.92. The number of nitrogens with two attached hydrogens (primary N) is 1. The van der Waals surface area contributed by atoms with Crippen molar-refractivity contribution in [2.75, 3.05) is 0 Å². The summed E-state index contributed by atoms with van der Waals surface area (Å²) in [7, 11) is 0. The van der Waals surface area contributed by atoms with Gasteiger partial charge in [0.2, 0.25) is 0 Å². The molecule has 0 radical (unpaired) electrons. The van der Waals surface area contributed by atoms with E-state index < -0.39 is 0 Å². The maximum atomic E-state index is 6.01. The lowest BCUT2D eigenvalue weighted by molar-refractivity contribution is 0.554. The van der Waals surface area contributed by atoms with Crippen LogP contribution in [0, 0.1) is 0 Å². The fourth-order valence-electron chi connectivity index (χ4n) is 1.97. The van der Waals surface area contributed by atoms with Crippen molar-refractivity contribution in [2.45, 2.75) is 31.2 Å². The van der Waals surface area contributed by atoms with Crippen molar-refractivity contribution in [1.82, 2.24) is 0 Å². The molecule has 13 heavy (non-hydrogen) atoms. The van der Waals surface area contributed by atoms with Crippen molar-refractivity contribution in [1.29, 1.82) is 0 Å². The number of rotatable bonds is 2. The van der Waals surface area contributed by atoms with Crippen LogP contribution in [0.5, 0.6) is 0 Å². The summed E-state index contributed by atoms with van der Waals surface area (Å²) in [6.45, 7) is 2.10. The fourth-order valence-corrected chi connectivity index (χ4v) is 2.65. The first-order valence-electron chi connectivity index (χ1n) is 4.67. The Hall–Kier alpha value is -0.340. The lowest BCUT2D eigenvalue weighted by Gasteiger charge is -2.21. The van der Waals surface area contributed by atoms with Gasteiger partial charge >= 0.3 is 0 Å². The topological polar surface area (TPSA) is 26.0 Å². The molecule has 0 saturated heterocycles. The Bertz CT molecular complexity index is 316. The molecule has 1 saturated carbocycles. The summed E-state index contributed by atoms with van der Waals surface area (Å²) in [5.74, 6) is 0. The molecule has 0 aliphatic heterocycles. The smallest absolute Gasteiger partial charge is 0.0213 e. The second-order valence-corrected chi connectivity index (χ2v) is 4.78. The van der Waals surface area contributed by atoms with E-state index in [0.717, 1.165) is 0 Å². The predicted octanol–water partition coefficient (Wildman–Crippen LogP) is 2.83. The quantitative estimate of drug-likeness (QED) is 0.845.